The van der Waals surface area contributed by atoms with Crippen molar-refractivity contribution in [2.24, 2.45) is 0 Å². The van der Waals surface area contributed by atoms with Crippen LogP contribution in [0.1, 0.15) is 31.1 Å². The number of carbonyl (C=O) groups excluding carboxylic acids is 2. The standard InChI is InChI=1S/C23H16N2O5.C2H6/c1-15(26)28-19-13-9-18(10-14-19)23(27)29-20-11-7-17(8-12-20)22-25-24-21(30-22)16-5-3-2-4-6-16;1-2/h2-14H,1H3;1-2H3. The lowest BCUT2D eigenvalue weighted by atomic mass is 10.2. The number of esters is 2. The second-order valence-electron chi connectivity index (χ2n) is 6.31. The zero-order valence-electron chi connectivity index (χ0n) is 17.9. The predicted octanol–water partition coefficient (Wildman–Crippen LogP) is 5.57. The summed E-state index contributed by atoms with van der Waals surface area (Å²) in [7, 11) is 0. The quantitative estimate of drug-likeness (QED) is 0.302. The maximum atomic E-state index is 12.3. The molecule has 3 aromatic carbocycles. The first kappa shape index (κ1) is 22.4. The molecule has 4 rings (SSSR count). The van der Waals surface area contributed by atoms with Crippen molar-refractivity contribution in [1.82, 2.24) is 10.2 Å². The van der Waals surface area contributed by atoms with Crippen LogP contribution in [0.15, 0.2) is 83.3 Å². The number of aromatic nitrogens is 2. The number of rotatable bonds is 5. The second kappa shape index (κ2) is 10.7. The summed E-state index contributed by atoms with van der Waals surface area (Å²) in [4.78, 5) is 23.2. The fraction of sp³-hybridized carbons (Fsp3) is 0.120. The van der Waals surface area contributed by atoms with E-state index >= 15 is 0 Å². The molecular formula is C25H22N2O5. The first-order valence-corrected chi connectivity index (χ1v) is 10.1. The van der Waals surface area contributed by atoms with Gasteiger partial charge in [-0.05, 0) is 60.7 Å². The maximum absolute atomic E-state index is 12.3. The zero-order valence-corrected chi connectivity index (χ0v) is 17.9. The van der Waals surface area contributed by atoms with Crippen LogP contribution in [0, 0.1) is 0 Å². The first-order valence-electron chi connectivity index (χ1n) is 10.1. The summed E-state index contributed by atoms with van der Waals surface area (Å²) in [5.41, 5.74) is 1.87. The second-order valence-corrected chi connectivity index (χ2v) is 6.31. The van der Waals surface area contributed by atoms with E-state index in [9.17, 15) is 9.59 Å². The van der Waals surface area contributed by atoms with E-state index in [-0.39, 0.29) is 0 Å². The molecule has 0 aliphatic rings. The number of nitrogens with zero attached hydrogens (tertiary/aromatic N) is 2. The van der Waals surface area contributed by atoms with Crippen molar-refractivity contribution in [3.8, 4) is 34.4 Å². The van der Waals surface area contributed by atoms with Gasteiger partial charge in [-0.1, -0.05) is 32.0 Å². The molecule has 0 unspecified atom stereocenters. The van der Waals surface area contributed by atoms with Gasteiger partial charge in [0.05, 0.1) is 5.56 Å². The van der Waals surface area contributed by atoms with Crippen LogP contribution in [0.2, 0.25) is 0 Å². The Bertz CT molecular complexity index is 1170. The third kappa shape index (κ3) is 5.66. The van der Waals surface area contributed by atoms with Crippen molar-refractivity contribution < 1.29 is 23.5 Å². The molecule has 0 fully saturated rings. The molecule has 0 radical (unpaired) electrons. The van der Waals surface area contributed by atoms with Crippen molar-refractivity contribution >= 4 is 11.9 Å². The van der Waals surface area contributed by atoms with E-state index in [1.807, 2.05) is 44.2 Å². The summed E-state index contributed by atoms with van der Waals surface area (Å²) >= 11 is 0. The average Bonchev–Trinajstić information content (AvgIpc) is 3.32. The number of ether oxygens (including phenoxy) is 2. The fourth-order valence-corrected chi connectivity index (χ4v) is 2.69. The Kier molecular flexibility index (Phi) is 7.48. The van der Waals surface area contributed by atoms with E-state index in [4.69, 9.17) is 13.9 Å². The molecule has 1 heterocycles. The lowest BCUT2D eigenvalue weighted by Crippen LogP contribution is -2.08. The first-order chi connectivity index (χ1) is 15.6. The molecular weight excluding hydrogens is 408 g/mol. The minimum Gasteiger partial charge on any atom is -0.427 e. The van der Waals surface area contributed by atoms with Crippen molar-refractivity contribution in [3.05, 3.63) is 84.4 Å². The van der Waals surface area contributed by atoms with E-state index in [0.29, 0.717) is 34.4 Å². The van der Waals surface area contributed by atoms with Crippen LogP contribution in [0.4, 0.5) is 0 Å². The molecule has 0 bridgehead atoms. The molecule has 7 nitrogen and oxygen atoms in total. The van der Waals surface area contributed by atoms with Crippen molar-refractivity contribution in [1.29, 1.82) is 0 Å². The van der Waals surface area contributed by atoms with Gasteiger partial charge in [-0.15, -0.1) is 10.2 Å². The molecule has 0 saturated heterocycles. The lowest BCUT2D eigenvalue weighted by molar-refractivity contribution is -0.131. The largest absolute Gasteiger partial charge is 0.427 e. The normalized spacial score (nSPS) is 9.97. The van der Waals surface area contributed by atoms with Gasteiger partial charge < -0.3 is 13.9 Å². The fourth-order valence-electron chi connectivity index (χ4n) is 2.69. The van der Waals surface area contributed by atoms with Gasteiger partial charge in [-0.25, -0.2) is 4.79 Å². The third-order valence-electron chi connectivity index (χ3n) is 4.11. The molecule has 0 aliphatic carbocycles. The molecule has 32 heavy (non-hydrogen) atoms. The minimum atomic E-state index is -0.527. The van der Waals surface area contributed by atoms with Gasteiger partial charge in [0, 0.05) is 18.1 Å². The van der Waals surface area contributed by atoms with Crippen LogP contribution in [0.5, 0.6) is 11.5 Å². The highest BCUT2D eigenvalue weighted by molar-refractivity contribution is 5.91. The van der Waals surface area contributed by atoms with E-state index in [0.717, 1.165) is 5.56 Å². The Morgan fingerprint density at radius 2 is 1.19 bits per heavy atom. The van der Waals surface area contributed by atoms with Crippen LogP contribution in [0.3, 0.4) is 0 Å². The van der Waals surface area contributed by atoms with E-state index < -0.39 is 11.9 Å². The predicted molar refractivity (Wildman–Crippen MR) is 119 cm³/mol. The number of carbonyl (C=O) groups is 2. The number of benzene rings is 3. The molecule has 4 aromatic rings. The molecule has 1 aromatic heterocycles. The Labute approximate surface area is 185 Å². The summed E-state index contributed by atoms with van der Waals surface area (Å²) in [6.07, 6.45) is 0. The Morgan fingerprint density at radius 1 is 0.688 bits per heavy atom. The van der Waals surface area contributed by atoms with Gasteiger partial charge in [0.2, 0.25) is 11.8 Å². The van der Waals surface area contributed by atoms with Gasteiger partial charge in [0.15, 0.2) is 0 Å². The van der Waals surface area contributed by atoms with Gasteiger partial charge in [0.25, 0.3) is 0 Å². The Morgan fingerprint density at radius 3 is 1.75 bits per heavy atom. The van der Waals surface area contributed by atoms with Crippen molar-refractivity contribution in [2.75, 3.05) is 0 Å². The highest BCUT2D eigenvalue weighted by Crippen LogP contribution is 2.25. The third-order valence-corrected chi connectivity index (χ3v) is 4.11. The smallest absolute Gasteiger partial charge is 0.343 e. The van der Waals surface area contributed by atoms with Crippen LogP contribution in [-0.2, 0) is 4.79 Å². The van der Waals surface area contributed by atoms with E-state index in [2.05, 4.69) is 10.2 Å². The Balaban J connectivity index is 0.00000141. The minimum absolute atomic E-state index is 0.333. The molecule has 162 valence electrons. The highest BCUT2D eigenvalue weighted by atomic mass is 16.5. The molecule has 7 heteroatoms. The van der Waals surface area contributed by atoms with Crippen LogP contribution >= 0.6 is 0 Å². The maximum Gasteiger partial charge on any atom is 0.343 e. The molecule has 0 saturated carbocycles. The summed E-state index contributed by atoms with van der Waals surface area (Å²) in [6, 6.07) is 22.3. The lowest BCUT2D eigenvalue weighted by Gasteiger charge is -2.06. The molecule has 0 N–H and O–H groups in total. The van der Waals surface area contributed by atoms with Crippen LogP contribution in [0.25, 0.3) is 22.9 Å². The van der Waals surface area contributed by atoms with Gasteiger partial charge in [-0.2, -0.15) is 0 Å². The van der Waals surface area contributed by atoms with E-state index in [1.165, 1.54) is 31.2 Å². The zero-order chi connectivity index (χ0) is 22.9. The summed E-state index contributed by atoms with van der Waals surface area (Å²) < 4.78 is 16.0. The molecule has 0 atom stereocenters. The monoisotopic (exact) mass is 430 g/mol. The van der Waals surface area contributed by atoms with Gasteiger partial charge in [0.1, 0.15) is 11.5 Å². The Hall–Kier alpha value is -4.26. The topological polar surface area (TPSA) is 91.5 Å². The summed E-state index contributed by atoms with van der Waals surface area (Å²) in [6.45, 7) is 5.31. The molecule has 0 amide bonds. The molecule has 0 spiro atoms. The number of hydrogen-bond acceptors (Lipinski definition) is 7. The summed E-state index contributed by atoms with van der Waals surface area (Å²) in [5, 5.41) is 8.13. The van der Waals surface area contributed by atoms with E-state index in [1.54, 1.807) is 24.3 Å². The van der Waals surface area contributed by atoms with Crippen LogP contribution < -0.4 is 9.47 Å². The van der Waals surface area contributed by atoms with Gasteiger partial charge in [-0.3, -0.25) is 4.79 Å². The van der Waals surface area contributed by atoms with Crippen LogP contribution in [-0.4, -0.2) is 22.1 Å². The molecule has 0 aliphatic heterocycles. The number of hydrogen-bond donors (Lipinski definition) is 0. The average molecular weight is 430 g/mol. The SMILES string of the molecule is CC.CC(=O)Oc1ccc(C(=O)Oc2ccc(-c3nnc(-c4ccccc4)o3)cc2)cc1. The van der Waals surface area contributed by atoms with Crippen molar-refractivity contribution in [3.63, 3.8) is 0 Å². The summed E-state index contributed by atoms with van der Waals surface area (Å²) in [5.74, 6) is 0.573. The highest BCUT2D eigenvalue weighted by Gasteiger charge is 2.12. The van der Waals surface area contributed by atoms with Gasteiger partial charge >= 0.3 is 11.9 Å². The van der Waals surface area contributed by atoms with Crippen molar-refractivity contribution in [2.45, 2.75) is 20.8 Å².